The number of aromatic nitrogens is 1. The maximum atomic E-state index is 5.60. The first kappa shape index (κ1) is 19.5. The predicted molar refractivity (Wildman–Crippen MR) is 102 cm³/mol. The minimum atomic E-state index is 0.469. The summed E-state index contributed by atoms with van der Waals surface area (Å²) in [5.74, 6) is 1.48. The van der Waals surface area contributed by atoms with Gasteiger partial charge in [-0.2, -0.15) is 0 Å². The van der Waals surface area contributed by atoms with Crippen molar-refractivity contribution in [1.29, 1.82) is 0 Å². The average Bonchev–Trinajstić information content (AvgIpc) is 3.12. The summed E-state index contributed by atoms with van der Waals surface area (Å²) in [5, 5.41) is 3.53. The average molecular weight is 345 g/mol. The number of hydrogen-bond acceptors (Lipinski definition) is 5. The predicted octanol–water partition coefficient (Wildman–Crippen LogP) is 3.95. The molecule has 5 heteroatoms. The van der Waals surface area contributed by atoms with Crippen LogP contribution in [0.25, 0.3) is 11.5 Å². The molecule has 1 atom stereocenters. The Morgan fingerprint density at radius 2 is 1.92 bits per heavy atom. The van der Waals surface area contributed by atoms with E-state index >= 15 is 0 Å². The molecule has 0 spiro atoms. The molecule has 1 heterocycles. The van der Waals surface area contributed by atoms with Gasteiger partial charge in [0, 0.05) is 18.2 Å². The summed E-state index contributed by atoms with van der Waals surface area (Å²) >= 11 is 0. The van der Waals surface area contributed by atoms with Crippen molar-refractivity contribution in [2.45, 2.75) is 46.2 Å². The molecule has 0 bridgehead atoms. The molecule has 0 aliphatic rings. The van der Waals surface area contributed by atoms with E-state index in [1.165, 1.54) is 19.4 Å². The molecule has 0 fully saturated rings. The van der Waals surface area contributed by atoms with Crippen molar-refractivity contribution in [2.24, 2.45) is 0 Å². The Morgan fingerprint density at radius 1 is 1.20 bits per heavy atom. The van der Waals surface area contributed by atoms with Crippen LogP contribution in [0.1, 0.15) is 39.3 Å². The minimum Gasteiger partial charge on any atom is -0.497 e. The number of methoxy groups -OCH3 is 1. The zero-order valence-corrected chi connectivity index (χ0v) is 15.9. The molecular formula is C20H31N3O2. The molecule has 1 aromatic heterocycles. The summed E-state index contributed by atoms with van der Waals surface area (Å²) in [5.41, 5.74) is 1.89. The van der Waals surface area contributed by atoms with Gasteiger partial charge in [0.1, 0.15) is 12.0 Å². The van der Waals surface area contributed by atoms with E-state index in [1.807, 2.05) is 24.3 Å². The zero-order chi connectivity index (χ0) is 18.1. The van der Waals surface area contributed by atoms with Crippen molar-refractivity contribution in [1.82, 2.24) is 15.2 Å². The maximum Gasteiger partial charge on any atom is 0.226 e. The third-order valence-corrected chi connectivity index (χ3v) is 4.53. The van der Waals surface area contributed by atoms with Gasteiger partial charge in [0.05, 0.1) is 12.8 Å². The molecule has 1 aromatic carbocycles. The second kappa shape index (κ2) is 10.2. The van der Waals surface area contributed by atoms with E-state index in [1.54, 1.807) is 13.4 Å². The normalized spacial score (nSPS) is 12.5. The van der Waals surface area contributed by atoms with E-state index in [-0.39, 0.29) is 0 Å². The first-order valence-electron chi connectivity index (χ1n) is 9.20. The smallest absolute Gasteiger partial charge is 0.226 e. The second-order valence-electron chi connectivity index (χ2n) is 6.32. The van der Waals surface area contributed by atoms with Gasteiger partial charge in [-0.1, -0.05) is 13.8 Å². The van der Waals surface area contributed by atoms with Crippen LogP contribution >= 0.6 is 0 Å². The van der Waals surface area contributed by atoms with E-state index in [2.05, 4.69) is 36.0 Å². The van der Waals surface area contributed by atoms with E-state index in [0.29, 0.717) is 11.9 Å². The lowest BCUT2D eigenvalue weighted by atomic mass is 10.1. The van der Waals surface area contributed by atoms with Crippen molar-refractivity contribution in [2.75, 3.05) is 26.7 Å². The van der Waals surface area contributed by atoms with Crippen LogP contribution in [0.4, 0.5) is 0 Å². The Labute approximate surface area is 151 Å². The second-order valence-corrected chi connectivity index (χ2v) is 6.32. The largest absolute Gasteiger partial charge is 0.497 e. The molecule has 5 nitrogen and oxygen atoms in total. The van der Waals surface area contributed by atoms with E-state index in [9.17, 15) is 0 Å². The van der Waals surface area contributed by atoms with Crippen LogP contribution in [0.15, 0.2) is 34.9 Å². The van der Waals surface area contributed by atoms with E-state index in [0.717, 1.165) is 36.6 Å². The highest BCUT2D eigenvalue weighted by Crippen LogP contribution is 2.21. The third-order valence-electron chi connectivity index (χ3n) is 4.53. The SMILES string of the molecule is CCN(CC)CCCC(C)NCc1coc(-c2ccc(OC)cc2)n1. The number of nitrogens with zero attached hydrogens (tertiary/aromatic N) is 2. The third kappa shape index (κ3) is 6.18. The van der Waals surface area contributed by atoms with Gasteiger partial charge in [-0.15, -0.1) is 0 Å². The molecule has 0 radical (unpaired) electrons. The number of rotatable bonds is 11. The number of hydrogen-bond donors (Lipinski definition) is 1. The van der Waals surface area contributed by atoms with E-state index in [4.69, 9.17) is 9.15 Å². The molecule has 1 N–H and O–H groups in total. The van der Waals surface area contributed by atoms with Crippen molar-refractivity contribution in [3.8, 4) is 17.2 Å². The number of oxazole rings is 1. The monoisotopic (exact) mass is 345 g/mol. The van der Waals surface area contributed by atoms with Crippen LogP contribution in [0.3, 0.4) is 0 Å². The van der Waals surface area contributed by atoms with Crippen LogP contribution in [-0.4, -0.2) is 42.7 Å². The van der Waals surface area contributed by atoms with Gasteiger partial charge in [0.25, 0.3) is 0 Å². The van der Waals surface area contributed by atoms with Crippen LogP contribution < -0.4 is 10.1 Å². The summed E-state index contributed by atoms with van der Waals surface area (Å²) in [4.78, 5) is 7.03. The molecule has 25 heavy (non-hydrogen) atoms. The Morgan fingerprint density at radius 3 is 2.56 bits per heavy atom. The van der Waals surface area contributed by atoms with Crippen LogP contribution in [0.2, 0.25) is 0 Å². The molecule has 0 aliphatic carbocycles. The highest BCUT2D eigenvalue weighted by Gasteiger charge is 2.09. The van der Waals surface area contributed by atoms with Crippen LogP contribution in [0.5, 0.6) is 5.75 Å². The number of nitrogens with one attached hydrogen (secondary N) is 1. The fourth-order valence-electron chi connectivity index (χ4n) is 2.80. The lowest BCUT2D eigenvalue weighted by Crippen LogP contribution is -2.28. The fraction of sp³-hybridized carbons (Fsp3) is 0.550. The lowest BCUT2D eigenvalue weighted by Gasteiger charge is -2.19. The molecule has 2 aromatic rings. The van der Waals surface area contributed by atoms with Crippen molar-refractivity contribution in [3.63, 3.8) is 0 Å². The minimum absolute atomic E-state index is 0.469. The fourth-order valence-corrected chi connectivity index (χ4v) is 2.80. The van der Waals surface area contributed by atoms with Crippen molar-refractivity contribution in [3.05, 3.63) is 36.2 Å². The quantitative estimate of drug-likeness (QED) is 0.668. The Hall–Kier alpha value is -1.85. The molecular weight excluding hydrogens is 314 g/mol. The summed E-state index contributed by atoms with van der Waals surface area (Å²) in [6.45, 7) is 10.8. The molecule has 0 saturated heterocycles. The highest BCUT2D eigenvalue weighted by atomic mass is 16.5. The molecule has 1 unspecified atom stereocenters. The Balaban J connectivity index is 1.76. The van der Waals surface area contributed by atoms with E-state index < -0.39 is 0 Å². The lowest BCUT2D eigenvalue weighted by molar-refractivity contribution is 0.290. The van der Waals surface area contributed by atoms with Crippen molar-refractivity contribution < 1.29 is 9.15 Å². The number of ether oxygens (including phenoxy) is 1. The summed E-state index contributed by atoms with van der Waals surface area (Å²) in [6.07, 6.45) is 4.11. The molecule has 0 saturated carbocycles. The first-order valence-corrected chi connectivity index (χ1v) is 9.20. The van der Waals surface area contributed by atoms with Gasteiger partial charge in [-0.3, -0.25) is 0 Å². The Kier molecular flexibility index (Phi) is 7.95. The van der Waals surface area contributed by atoms with Gasteiger partial charge < -0.3 is 19.4 Å². The molecule has 0 amide bonds. The van der Waals surface area contributed by atoms with Gasteiger partial charge >= 0.3 is 0 Å². The molecule has 0 aliphatic heterocycles. The summed E-state index contributed by atoms with van der Waals surface area (Å²) in [7, 11) is 1.66. The van der Waals surface area contributed by atoms with Gasteiger partial charge in [-0.25, -0.2) is 4.98 Å². The Bertz CT molecular complexity index is 606. The van der Waals surface area contributed by atoms with Crippen LogP contribution in [-0.2, 0) is 6.54 Å². The summed E-state index contributed by atoms with van der Waals surface area (Å²) < 4.78 is 10.8. The molecule has 2 rings (SSSR count). The number of benzene rings is 1. The molecule has 138 valence electrons. The topological polar surface area (TPSA) is 50.5 Å². The van der Waals surface area contributed by atoms with Gasteiger partial charge in [0.15, 0.2) is 0 Å². The zero-order valence-electron chi connectivity index (χ0n) is 15.9. The standard InChI is InChI=1S/C20H31N3O2/c1-5-23(6-2)13-7-8-16(3)21-14-18-15-25-20(22-18)17-9-11-19(24-4)12-10-17/h9-12,15-16,21H,5-8,13-14H2,1-4H3. The van der Waals surface area contributed by atoms with Crippen molar-refractivity contribution >= 4 is 0 Å². The van der Waals surface area contributed by atoms with Gasteiger partial charge in [0.2, 0.25) is 5.89 Å². The highest BCUT2D eigenvalue weighted by molar-refractivity contribution is 5.54. The van der Waals surface area contributed by atoms with Gasteiger partial charge in [-0.05, 0) is 63.7 Å². The summed E-state index contributed by atoms with van der Waals surface area (Å²) in [6, 6.07) is 8.21. The van der Waals surface area contributed by atoms with Crippen LogP contribution in [0, 0.1) is 0 Å². The first-order chi connectivity index (χ1) is 12.2. The maximum absolute atomic E-state index is 5.60.